The number of rotatable bonds is 11. The van der Waals surface area contributed by atoms with Crippen LogP contribution in [0.1, 0.15) is 64.0 Å². The molecule has 10 nitrogen and oxygen atoms in total. The molecule has 2 aliphatic carbocycles. The molecule has 3 N–H and O–H groups in total. The number of hydrogen-bond acceptors (Lipinski definition) is 9. The molecule has 40 heavy (non-hydrogen) atoms. The van der Waals surface area contributed by atoms with E-state index in [1.807, 2.05) is 45.0 Å². The van der Waals surface area contributed by atoms with Gasteiger partial charge in [0.15, 0.2) is 0 Å². The standard InChI is InChI=1S/C30H42N6O4/c1-30(2,3)40-29(37)35-26-21-9-7-10-22(26)15-20(14-21)17-32-27-24(16-31)19-34-28(36-27)33-18-23-8-5-6-11-25(23)39-13-12-38-4/h5-6,8,11,19-22,26H,7,9-10,12-15,17-18H2,1-4H3,(H,35,37)(H2,32,33,34,36)/t20?,21-,22+,26?. The highest BCUT2D eigenvalue weighted by molar-refractivity contribution is 5.68. The zero-order valence-corrected chi connectivity index (χ0v) is 24.0. The Balaban J connectivity index is 1.34. The van der Waals surface area contributed by atoms with Crippen LogP contribution in [0, 0.1) is 29.1 Å². The summed E-state index contributed by atoms with van der Waals surface area (Å²) in [7, 11) is 1.64. The maximum Gasteiger partial charge on any atom is 0.407 e. The van der Waals surface area contributed by atoms with Crippen LogP contribution in [0.25, 0.3) is 0 Å². The number of anilines is 2. The number of hydrogen-bond donors (Lipinski definition) is 3. The van der Waals surface area contributed by atoms with Crippen LogP contribution in [0.5, 0.6) is 5.75 Å². The minimum atomic E-state index is -0.509. The van der Waals surface area contributed by atoms with Gasteiger partial charge in [0.25, 0.3) is 0 Å². The van der Waals surface area contributed by atoms with Crippen molar-refractivity contribution >= 4 is 17.9 Å². The number of fused-ring (bicyclic) bond motifs is 2. The first-order chi connectivity index (χ1) is 19.3. The second kappa shape index (κ2) is 13.7. The fourth-order valence-electron chi connectivity index (χ4n) is 5.84. The van der Waals surface area contributed by atoms with E-state index in [0.717, 1.165) is 37.0 Å². The van der Waals surface area contributed by atoms with Gasteiger partial charge in [-0.1, -0.05) is 24.6 Å². The number of aromatic nitrogens is 2. The molecule has 0 saturated heterocycles. The second-order valence-corrected chi connectivity index (χ2v) is 11.7. The molecule has 216 valence electrons. The summed E-state index contributed by atoms with van der Waals surface area (Å²) >= 11 is 0. The van der Waals surface area contributed by atoms with Crippen LogP contribution in [0.3, 0.4) is 0 Å². The van der Waals surface area contributed by atoms with Gasteiger partial charge in [0.05, 0.1) is 12.8 Å². The van der Waals surface area contributed by atoms with Crippen LogP contribution < -0.4 is 20.7 Å². The largest absolute Gasteiger partial charge is 0.491 e. The van der Waals surface area contributed by atoms with E-state index in [1.165, 1.54) is 6.42 Å². The van der Waals surface area contributed by atoms with Crippen molar-refractivity contribution in [1.29, 1.82) is 5.26 Å². The number of alkyl carbamates (subject to hydrolysis) is 1. The van der Waals surface area contributed by atoms with E-state index in [4.69, 9.17) is 14.2 Å². The van der Waals surface area contributed by atoms with E-state index in [-0.39, 0.29) is 12.1 Å². The number of benzene rings is 1. The van der Waals surface area contributed by atoms with Gasteiger partial charge in [-0.05, 0) is 70.3 Å². The van der Waals surface area contributed by atoms with Crippen LogP contribution in [0.15, 0.2) is 30.5 Å². The van der Waals surface area contributed by atoms with Crippen LogP contribution in [-0.4, -0.2) is 54.6 Å². The fourth-order valence-corrected chi connectivity index (χ4v) is 5.84. The molecule has 2 aliphatic rings. The normalized spacial score (nSPS) is 22.1. The number of nitriles is 1. The highest BCUT2D eigenvalue weighted by Gasteiger charge is 2.41. The first-order valence-corrected chi connectivity index (χ1v) is 14.2. The van der Waals surface area contributed by atoms with E-state index in [1.54, 1.807) is 13.3 Å². The summed E-state index contributed by atoms with van der Waals surface area (Å²) in [5.74, 6) is 3.04. The van der Waals surface area contributed by atoms with Gasteiger partial charge in [-0.3, -0.25) is 0 Å². The predicted octanol–water partition coefficient (Wildman–Crippen LogP) is 5.12. The van der Waals surface area contributed by atoms with Gasteiger partial charge < -0.3 is 30.2 Å². The van der Waals surface area contributed by atoms with Crippen LogP contribution in [-0.2, 0) is 16.0 Å². The van der Waals surface area contributed by atoms with Gasteiger partial charge in [-0.15, -0.1) is 0 Å². The third-order valence-corrected chi connectivity index (χ3v) is 7.54. The first-order valence-electron chi connectivity index (χ1n) is 14.2. The number of methoxy groups -OCH3 is 1. The molecule has 2 fully saturated rings. The van der Waals surface area contributed by atoms with Crippen LogP contribution >= 0.6 is 0 Å². The molecule has 1 aromatic heterocycles. The monoisotopic (exact) mass is 550 g/mol. The molecule has 1 aromatic carbocycles. The number of carbonyl (C=O) groups is 1. The second-order valence-electron chi connectivity index (χ2n) is 11.7. The molecule has 0 aliphatic heterocycles. The zero-order valence-electron chi connectivity index (χ0n) is 24.0. The van der Waals surface area contributed by atoms with E-state index in [9.17, 15) is 10.1 Å². The molecule has 1 amide bonds. The number of amides is 1. The summed E-state index contributed by atoms with van der Waals surface area (Å²) in [5.41, 5.74) is 0.879. The van der Waals surface area contributed by atoms with Crippen molar-refractivity contribution in [3.05, 3.63) is 41.6 Å². The summed E-state index contributed by atoms with van der Waals surface area (Å²) < 4.78 is 16.4. The maximum atomic E-state index is 12.5. The number of carbonyl (C=O) groups excluding carboxylic acids is 1. The molecule has 10 heteroatoms. The van der Waals surface area contributed by atoms with Crippen molar-refractivity contribution in [2.75, 3.05) is 37.5 Å². The average molecular weight is 551 g/mol. The summed E-state index contributed by atoms with van der Waals surface area (Å²) in [6.45, 7) is 7.83. The van der Waals surface area contributed by atoms with Crippen molar-refractivity contribution in [3.63, 3.8) is 0 Å². The quantitative estimate of drug-likeness (QED) is 0.326. The van der Waals surface area contributed by atoms with Crippen LogP contribution in [0.2, 0.25) is 0 Å². The van der Waals surface area contributed by atoms with Crippen LogP contribution in [0.4, 0.5) is 16.6 Å². The molecule has 0 spiro atoms. The Bertz CT molecular complexity index is 1160. The van der Waals surface area contributed by atoms with Gasteiger partial charge >= 0.3 is 6.09 Å². The molecule has 2 aromatic rings. The van der Waals surface area contributed by atoms with Gasteiger partial charge in [0.1, 0.15) is 35.4 Å². The lowest BCUT2D eigenvalue weighted by Gasteiger charge is -2.46. The molecular weight excluding hydrogens is 508 g/mol. The summed E-state index contributed by atoms with van der Waals surface area (Å²) in [6.07, 6.45) is 6.67. The molecule has 2 bridgehead atoms. The molecule has 2 unspecified atom stereocenters. The molecular formula is C30H42N6O4. The van der Waals surface area contributed by atoms with E-state index in [0.29, 0.717) is 61.4 Å². The maximum absolute atomic E-state index is 12.5. The van der Waals surface area contributed by atoms with Crippen molar-refractivity contribution in [3.8, 4) is 11.8 Å². The smallest absolute Gasteiger partial charge is 0.407 e. The zero-order chi connectivity index (χ0) is 28.5. The van der Waals surface area contributed by atoms with Crippen molar-refractivity contribution in [2.45, 2.75) is 71.1 Å². The Morgan fingerprint density at radius 3 is 2.58 bits per heavy atom. The predicted molar refractivity (Wildman–Crippen MR) is 153 cm³/mol. The lowest BCUT2D eigenvalue weighted by molar-refractivity contribution is 0.0324. The summed E-state index contributed by atoms with van der Waals surface area (Å²) in [5, 5.41) is 19.5. The van der Waals surface area contributed by atoms with E-state index >= 15 is 0 Å². The Hall–Kier alpha value is -3.58. The average Bonchev–Trinajstić information content (AvgIpc) is 2.90. The summed E-state index contributed by atoms with van der Waals surface area (Å²) in [6, 6.07) is 10.2. The lowest BCUT2D eigenvalue weighted by Crippen LogP contribution is -2.52. The Kier molecular flexibility index (Phi) is 10.0. The van der Waals surface area contributed by atoms with Gasteiger partial charge in [-0.2, -0.15) is 10.2 Å². The Morgan fingerprint density at radius 1 is 1.12 bits per heavy atom. The third-order valence-electron chi connectivity index (χ3n) is 7.54. The van der Waals surface area contributed by atoms with Crippen molar-refractivity contribution < 1.29 is 19.0 Å². The van der Waals surface area contributed by atoms with Gasteiger partial charge in [-0.25, -0.2) is 9.78 Å². The topological polar surface area (TPSA) is 130 Å². The van der Waals surface area contributed by atoms with Crippen molar-refractivity contribution in [1.82, 2.24) is 15.3 Å². The minimum Gasteiger partial charge on any atom is -0.491 e. The number of para-hydroxylation sites is 1. The van der Waals surface area contributed by atoms with Gasteiger partial charge in [0.2, 0.25) is 5.95 Å². The van der Waals surface area contributed by atoms with E-state index < -0.39 is 5.60 Å². The third kappa shape index (κ3) is 8.21. The fraction of sp³-hybridized carbons (Fsp3) is 0.600. The van der Waals surface area contributed by atoms with E-state index in [2.05, 4.69) is 32.0 Å². The molecule has 4 rings (SSSR count). The number of nitrogens with one attached hydrogen (secondary N) is 3. The number of ether oxygens (including phenoxy) is 3. The Labute approximate surface area is 237 Å². The highest BCUT2D eigenvalue weighted by Crippen LogP contribution is 2.43. The first kappa shape index (κ1) is 29.4. The highest BCUT2D eigenvalue weighted by atomic mass is 16.6. The lowest BCUT2D eigenvalue weighted by atomic mass is 9.64. The number of nitrogens with zero attached hydrogens (tertiary/aromatic N) is 3. The molecule has 4 atom stereocenters. The Morgan fingerprint density at radius 2 is 1.88 bits per heavy atom. The molecule has 1 heterocycles. The van der Waals surface area contributed by atoms with Gasteiger partial charge in [0, 0.05) is 31.8 Å². The van der Waals surface area contributed by atoms with Crippen molar-refractivity contribution in [2.24, 2.45) is 17.8 Å². The summed E-state index contributed by atoms with van der Waals surface area (Å²) in [4.78, 5) is 21.4. The molecule has 0 radical (unpaired) electrons. The minimum absolute atomic E-state index is 0.158. The SMILES string of the molecule is COCCOc1ccccc1CNc1ncc(C#N)c(NCC2C[C@H]3CCC[C@@H](C2)C3NC(=O)OC(C)(C)C)n1. The molecule has 2 saturated carbocycles.